The lowest BCUT2D eigenvalue weighted by Crippen LogP contribution is -2.18. The Kier molecular flexibility index (Phi) is 4.28. The number of hydrogen-bond acceptors (Lipinski definition) is 3. The second kappa shape index (κ2) is 6.87. The maximum Gasteiger partial charge on any atom is 0.128 e. The summed E-state index contributed by atoms with van der Waals surface area (Å²) >= 11 is 0. The summed E-state index contributed by atoms with van der Waals surface area (Å²) in [5.41, 5.74) is 3.60. The molecule has 0 atom stereocenters. The van der Waals surface area contributed by atoms with Crippen molar-refractivity contribution in [1.29, 1.82) is 0 Å². The smallest absolute Gasteiger partial charge is 0.128 e. The van der Waals surface area contributed by atoms with Gasteiger partial charge in [-0.05, 0) is 37.0 Å². The summed E-state index contributed by atoms with van der Waals surface area (Å²) in [4.78, 5) is 6.98. The molecule has 0 unspecified atom stereocenters. The third kappa shape index (κ3) is 3.32. The Labute approximate surface area is 142 Å². The van der Waals surface area contributed by atoms with Crippen molar-refractivity contribution in [2.45, 2.75) is 25.8 Å². The summed E-state index contributed by atoms with van der Waals surface area (Å²) in [6, 6.07) is 14.8. The van der Waals surface area contributed by atoms with Gasteiger partial charge >= 0.3 is 0 Å². The number of nitrogens with zero attached hydrogens (tertiary/aromatic N) is 4. The highest BCUT2D eigenvalue weighted by atomic mass is 15.3. The van der Waals surface area contributed by atoms with E-state index in [1.807, 2.05) is 23.1 Å². The van der Waals surface area contributed by atoms with E-state index in [0.717, 1.165) is 43.0 Å². The molecule has 24 heavy (non-hydrogen) atoms. The van der Waals surface area contributed by atoms with Crippen LogP contribution in [0.1, 0.15) is 18.4 Å². The van der Waals surface area contributed by atoms with Crippen LogP contribution in [0.2, 0.25) is 0 Å². The van der Waals surface area contributed by atoms with Crippen LogP contribution in [0, 0.1) is 0 Å². The summed E-state index contributed by atoms with van der Waals surface area (Å²) in [5, 5.41) is 4.49. The van der Waals surface area contributed by atoms with E-state index in [-0.39, 0.29) is 0 Å². The molecule has 122 valence electrons. The summed E-state index contributed by atoms with van der Waals surface area (Å²) < 4.78 is 2.01. The maximum absolute atomic E-state index is 4.63. The fourth-order valence-corrected chi connectivity index (χ4v) is 3.21. The lowest BCUT2D eigenvalue weighted by molar-refractivity contribution is 0.615. The second-order valence-electron chi connectivity index (χ2n) is 6.33. The lowest BCUT2D eigenvalue weighted by Gasteiger charge is -2.15. The molecule has 0 spiro atoms. The zero-order valence-corrected chi connectivity index (χ0v) is 13.8. The average molecular weight is 318 g/mol. The molecular weight excluding hydrogens is 296 g/mol. The molecule has 0 radical (unpaired) electrons. The first kappa shape index (κ1) is 14.9. The molecule has 4 rings (SSSR count). The van der Waals surface area contributed by atoms with Crippen LogP contribution < -0.4 is 4.90 Å². The predicted molar refractivity (Wildman–Crippen MR) is 97.1 cm³/mol. The molecule has 0 amide bonds. The van der Waals surface area contributed by atoms with E-state index in [1.165, 1.54) is 18.4 Å². The van der Waals surface area contributed by atoms with E-state index in [1.54, 1.807) is 0 Å². The molecule has 0 aliphatic carbocycles. The Morgan fingerprint density at radius 2 is 1.71 bits per heavy atom. The van der Waals surface area contributed by atoms with E-state index in [9.17, 15) is 0 Å². The molecule has 4 nitrogen and oxygen atoms in total. The first-order chi connectivity index (χ1) is 11.9. The summed E-state index contributed by atoms with van der Waals surface area (Å²) in [6.07, 6.45) is 9.54. The Hall–Kier alpha value is -2.62. The number of rotatable bonds is 5. The Bertz CT molecular complexity index is 771. The third-order valence-electron chi connectivity index (χ3n) is 4.62. The number of benzene rings is 1. The minimum Gasteiger partial charge on any atom is -0.357 e. The highest BCUT2D eigenvalue weighted by Crippen LogP contribution is 2.22. The average Bonchev–Trinajstić information content (AvgIpc) is 3.33. The molecule has 0 N–H and O–H groups in total. The molecule has 3 aromatic rings. The molecule has 2 aromatic heterocycles. The van der Waals surface area contributed by atoms with Crippen LogP contribution in [0.3, 0.4) is 0 Å². The fourth-order valence-electron chi connectivity index (χ4n) is 3.21. The Balaban J connectivity index is 1.42. The molecule has 4 heteroatoms. The molecule has 1 aliphatic heterocycles. The maximum atomic E-state index is 4.63. The Morgan fingerprint density at radius 3 is 2.46 bits per heavy atom. The first-order valence-electron chi connectivity index (χ1n) is 8.66. The predicted octanol–water partition coefficient (Wildman–Crippen LogP) is 3.79. The van der Waals surface area contributed by atoms with Crippen molar-refractivity contribution in [2.24, 2.45) is 0 Å². The Morgan fingerprint density at radius 1 is 0.875 bits per heavy atom. The van der Waals surface area contributed by atoms with E-state index in [4.69, 9.17) is 0 Å². The zero-order chi connectivity index (χ0) is 16.2. The third-order valence-corrected chi connectivity index (χ3v) is 4.62. The monoisotopic (exact) mass is 318 g/mol. The van der Waals surface area contributed by atoms with Gasteiger partial charge in [-0.15, -0.1) is 0 Å². The largest absolute Gasteiger partial charge is 0.357 e. The number of hydrogen-bond donors (Lipinski definition) is 0. The molecule has 0 saturated carbocycles. The van der Waals surface area contributed by atoms with Crippen LogP contribution in [0.4, 0.5) is 5.82 Å². The molecular formula is C20H22N4. The number of aryl methyl sites for hydroxylation is 2. The van der Waals surface area contributed by atoms with E-state index < -0.39 is 0 Å². The summed E-state index contributed by atoms with van der Waals surface area (Å²) in [6.45, 7) is 3.15. The molecule has 1 saturated heterocycles. The van der Waals surface area contributed by atoms with Crippen LogP contribution in [-0.4, -0.2) is 27.9 Å². The molecule has 1 aromatic carbocycles. The minimum absolute atomic E-state index is 0.892. The molecule has 1 fully saturated rings. The van der Waals surface area contributed by atoms with Crippen molar-refractivity contribution in [3.63, 3.8) is 0 Å². The van der Waals surface area contributed by atoms with Crippen LogP contribution >= 0.6 is 0 Å². The van der Waals surface area contributed by atoms with Crippen molar-refractivity contribution in [3.8, 4) is 11.1 Å². The standard InChI is InChI=1S/C20H22N4/c1-2-6-17(7-3-1)10-13-24-16-19(15-22-24)18-8-9-20(21-14-18)23-11-4-5-12-23/h1-3,6-9,14-16H,4-5,10-13H2. The summed E-state index contributed by atoms with van der Waals surface area (Å²) in [5.74, 6) is 1.09. The van der Waals surface area contributed by atoms with Gasteiger partial charge in [-0.25, -0.2) is 4.98 Å². The van der Waals surface area contributed by atoms with Gasteiger partial charge in [0.2, 0.25) is 0 Å². The quantitative estimate of drug-likeness (QED) is 0.718. The number of aromatic nitrogens is 3. The van der Waals surface area contributed by atoms with E-state index >= 15 is 0 Å². The normalized spacial score (nSPS) is 14.2. The van der Waals surface area contributed by atoms with Crippen LogP contribution in [-0.2, 0) is 13.0 Å². The van der Waals surface area contributed by atoms with Crippen molar-refractivity contribution in [1.82, 2.24) is 14.8 Å². The van der Waals surface area contributed by atoms with Crippen LogP contribution in [0.25, 0.3) is 11.1 Å². The van der Waals surface area contributed by atoms with E-state index in [0.29, 0.717) is 0 Å². The van der Waals surface area contributed by atoms with Gasteiger partial charge in [0.15, 0.2) is 0 Å². The molecule has 3 heterocycles. The SMILES string of the molecule is c1ccc(CCn2cc(-c3ccc(N4CCCC4)nc3)cn2)cc1. The van der Waals surface area contributed by atoms with Gasteiger partial charge in [-0.2, -0.15) is 5.10 Å². The number of anilines is 1. The second-order valence-corrected chi connectivity index (χ2v) is 6.33. The van der Waals surface area contributed by atoms with Crippen LogP contribution in [0.5, 0.6) is 0 Å². The first-order valence-corrected chi connectivity index (χ1v) is 8.66. The van der Waals surface area contributed by atoms with E-state index in [2.05, 4.69) is 57.6 Å². The van der Waals surface area contributed by atoms with Crippen molar-refractivity contribution in [2.75, 3.05) is 18.0 Å². The van der Waals surface area contributed by atoms with Gasteiger partial charge in [-0.3, -0.25) is 4.68 Å². The number of pyridine rings is 1. The summed E-state index contributed by atoms with van der Waals surface area (Å²) in [7, 11) is 0. The van der Waals surface area contributed by atoms with Crippen molar-refractivity contribution in [3.05, 3.63) is 66.6 Å². The lowest BCUT2D eigenvalue weighted by atomic mass is 10.1. The highest BCUT2D eigenvalue weighted by Gasteiger charge is 2.13. The van der Waals surface area contributed by atoms with Crippen molar-refractivity contribution < 1.29 is 0 Å². The van der Waals surface area contributed by atoms with Gasteiger partial charge < -0.3 is 4.90 Å². The minimum atomic E-state index is 0.892. The van der Waals surface area contributed by atoms with Gasteiger partial charge in [0.25, 0.3) is 0 Å². The molecule has 0 bridgehead atoms. The van der Waals surface area contributed by atoms with Gasteiger partial charge in [0, 0.05) is 43.2 Å². The van der Waals surface area contributed by atoms with Gasteiger partial charge in [0.05, 0.1) is 6.20 Å². The fraction of sp³-hybridized carbons (Fsp3) is 0.300. The topological polar surface area (TPSA) is 34.0 Å². The van der Waals surface area contributed by atoms with Crippen LogP contribution in [0.15, 0.2) is 61.1 Å². The van der Waals surface area contributed by atoms with Gasteiger partial charge in [0.1, 0.15) is 5.82 Å². The highest BCUT2D eigenvalue weighted by molar-refractivity contribution is 5.62. The van der Waals surface area contributed by atoms with Crippen molar-refractivity contribution >= 4 is 5.82 Å². The zero-order valence-electron chi connectivity index (χ0n) is 13.8. The molecule has 1 aliphatic rings. The van der Waals surface area contributed by atoms with Gasteiger partial charge in [-0.1, -0.05) is 30.3 Å².